The van der Waals surface area contributed by atoms with Crippen LogP contribution in [0.2, 0.25) is 0 Å². The third-order valence-electron chi connectivity index (χ3n) is 3.73. The lowest BCUT2D eigenvalue weighted by Crippen LogP contribution is -2.50. The summed E-state index contributed by atoms with van der Waals surface area (Å²) in [6, 6.07) is 0. The Bertz CT molecular complexity index is 319. The van der Waals surface area contributed by atoms with E-state index in [1.54, 1.807) is 6.92 Å². The molecule has 0 aliphatic carbocycles. The molecule has 1 aliphatic heterocycles. The second-order valence-corrected chi connectivity index (χ2v) is 6.97. The lowest BCUT2D eigenvalue weighted by atomic mass is 9.78. The average molecular weight is 272 g/mol. The second-order valence-electron chi connectivity index (χ2n) is 6.97. The van der Waals surface area contributed by atoms with Gasteiger partial charge < -0.3 is 14.6 Å². The van der Waals surface area contributed by atoms with Gasteiger partial charge in [-0.25, -0.2) is 0 Å². The molecule has 1 aliphatic rings. The molecule has 0 spiro atoms. The van der Waals surface area contributed by atoms with Crippen LogP contribution in [0.4, 0.5) is 0 Å². The first-order chi connectivity index (χ1) is 8.55. The fraction of sp³-hybridized carbons (Fsp3) is 0.933. The van der Waals surface area contributed by atoms with Crippen molar-refractivity contribution in [2.45, 2.75) is 71.7 Å². The summed E-state index contributed by atoms with van der Waals surface area (Å²) in [5, 5.41) is 10.7. The number of carbonyl (C=O) groups excluding carboxylic acids is 1. The van der Waals surface area contributed by atoms with Crippen molar-refractivity contribution in [2.24, 2.45) is 11.8 Å². The van der Waals surface area contributed by atoms with Gasteiger partial charge in [0.15, 0.2) is 0 Å². The summed E-state index contributed by atoms with van der Waals surface area (Å²) in [7, 11) is 0. The molecule has 0 saturated carbocycles. The Morgan fingerprint density at radius 3 is 2.42 bits per heavy atom. The van der Waals surface area contributed by atoms with Crippen LogP contribution in [0.3, 0.4) is 0 Å². The first-order valence-electron chi connectivity index (χ1n) is 7.12. The van der Waals surface area contributed by atoms with Crippen LogP contribution in [0.1, 0.15) is 54.4 Å². The SMILES string of the molecule is CC(C)C1CC(O)(C(C)C(=O)OC(C)(C)C)CCO1. The van der Waals surface area contributed by atoms with Gasteiger partial charge in [-0.05, 0) is 33.6 Å². The van der Waals surface area contributed by atoms with E-state index >= 15 is 0 Å². The largest absolute Gasteiger partial charge is 0.460 e. The van der Waals surface area contributed by atoms with Gasteiger partial charge in [0.25, 0.3) is 0 Å². The molecule has 0 aromatic carbocycles. The Hall–Kier alpha value is -0.610. The van der Waals surface area contributed by atoms with Gasteiger partial charge in [-0.1, -0.05) is 13.8 Å². The molecule has 0 aromatic heterocycles. The highest BCUT2D eigenvalue weighted by Crippen LogP contribution is 2.35. The third kappa shape index (κ3) is 4.46. The predicted molar refractivity (Wildman–Crippen MR) is 73.8 cm³/mol. The first-order valence-corrected chi connectivity index (χ1v) is 7.12. The number of esters is 1. The molecule has 4 heteroatoms. The van der Waals surface area contributed by atoms with Crippen LogP contribution in [-0.4, -0.2) is 35.0 Å². The average Bonchev–Trinajstić information content (AvgIpc) is 2.25. The lowest BCUT2D eigenvalue weighted by Gasteiger charge is -2.41. The van der Waals surface area contributed by atoms with Crippen molar-refractivity contribution in [1.82, 2.24) is 0 Å². The highest BCUT2D eigenvalue weighted by atomic mass is 16.6. The van der Waals surface area contributed by atoms with Crippen LogP contribution in [0.15, 0.2) is 0 Å². The van der Waals surface area contributed by atoms with Gasteiger partial charge in [0.1, 0.15) is 5.60 Å². The fourth-order valence-corrected chi connectivity index (χ4v) is 2.33. The lowest BCUT2D eigenvalue weighted by molar-refractivity contribution is -0.182. The van der Waals surface area contributed by atoms with Gasteiger partial charge >= 0.3 is 5.97 Å². The summed E-state index contributed by atoms with van der Waals surface area (Å²) in [6.07, 6.45) is 0.977. The van der Waals surface area contributed by atoms with Gasteiger partial charge in [-0.15, -0.1) is 0 Å². The van der Waals surface area contributed by atoms with Gasteiger partial charge in [0, 0.05) is 19.4 Å². The standard InChI is InChI=1S/C15H28O4/c1-10(2)12-9-15(17,7-8-18-12)11(3)13(16)19-14(4,5)6/h10-12,17H,7-9H2,1-6H3. The van der Waals surface area contributed by atoms with Crippen molar-refractivity contribution in [1.29, 1.82) is 0 Å². The van der Waals surface area contributed by atoms with E-state index in [9.17, 15) is 9.90 Å². The summed E-state index contributed by atoms with van der Waals surface area (Å²) in [5.74, 6) is -0.533. The van der Waals surface area contributed by atoms with Crippen molar-refractivity contribution in [3.8, 4) is 0 Å². The van der Waals surface area contributed by atoms with E-state index in [0.717, 1.165) is 0 Å². The molecule has 0 aromatic rings. The molecule has 19 heavy (non-hydrogen) atoms. The number of hydrogen-bond donors (Lipinski definition) is 1. The van der Waals surface area contributed by atoms with E-state index < -0.39 is 17.1 Å². The van der Waals surface area contributed by atoms with E-state index in [1.165, 1.54) is 0 Å². The topological polar surface area (TPSA) is 55.8 Å². The second kappa shape index (κ2) is 5.80. The molecule has 0 radical (unpaired) electrons. The number of ether oxygens (including phenoxy) is 2. The molecule has 1 heterocycles. The predicted octanol–water partition coefficient (Wildman–Crippen LogP) is 2.53. The van der Waals surface area contributed by atoms with Gasteiger partial charge in [-0.2, -0.15) is 0 Å². The van der Waals surface area contributed by atoms with Crippen molar-refractivity contribution in [3.05, 3.63) is 0 Å². The highest BCUT2D eigenvalue weighted by Gasteiger charge is 2.44. The smallest absolute Gasteiger partial charge is 0.312 e. The molecule has 1 N–H and O–H groups in total. The summed E-state index contributed by atoms with van der Waals surface area (Å²) in [4.78, 5) is 12.1. The van der Waals surface area contributed by atoms with Gasteiger partial charge in [0.2, 0.25) is 0 Å². The molecule has 1 fully saturated rings. The van der Waals surface area contributed by atoms with Crippen LogP contribution in [-0.2, 0) is 14.3 Å². The van der Waals surface area contributed by atoms with Crippen molar-refractivity contribution < 1.29 is 19.4 Å². The minimum atomic E-state index is -1.02. The fourth-order valence-electron chi connectivity index (χ4n) is 2.33. The highest BCUT2D eigenvalue weighted by molar-refractivity contribution is 5.74. The molecular formula is C15H28O4. The minimum absolute atomic E-state index is 0.00337. The summed E-state index contributed by atoms with van der Waals surface area (Å²) >= 11 is 0. The molecule has 1 saturated heterocycles. The number of aliphatic hydroxyl groups is 1. The molecule has 112 valence electrons. The minimum Gasteiger partial charge on any atom is -0.460 e. The first kappa shape index (κ1) is 16.4. The molecule has 3 atom stereocenters. The zero-order valence-corrected chi connectivity index (χ0v) is 13.0. The van der Waals surface area contributed by atoms with E-state index in [-0.39, 0.29) is 12.1 Å². The maximum absolute atomic E-state index is 12.1. The van der Waals surface area contributed by atoms with E-state index in [0.29, 0.717) is 25.4 Å². The van der Waals surface area contributed by atoms with Crippen LogP contribution in [0.5, 0.6) is 0 Å². The van der Waals surface area contributed by atoms with E-state index in [1.807, 2.05) is 20.8 Å². The van der Waals surface area contributed by atoms with E-state index in [4.69, 9.17) is 9.47 Å². The maximum Gasteiger partial charge on any atom is 0.312 e. The van der Waals surface area contributed by atoms with Crippen molar-refractivity contribution in [3.63, 3.8) is 0 Å². The van der Waals surface area contributed by atoms with E-state index in [2.05, 4.69) is 13.8 Å². The van der Waals surface area contributed by atoms with Crippen molar-refractivity contribution >= 4 is 5.97 Å². The summed E-state index contributed by atoms with van der Waals surface area (Å²) in [6.45, 7) is 11.9. The third-order valence-corrected chi connectivity index (χ3v) is 3.73. The van der Waals surface area contributed by atoms with Crippen LogP contribution < -0.4 is 0 Å². The molecule has 0 bridgehead atoms. The summed E-state index contributed by atoms with van der Waals surface area (Å²) < 4.78 is 11.0. The Kier molecular flexibility index (Phi) is 5.02. The van der Waals surface area contributed by atoms with Gasteiger partial charge in [0.05, 0.1) is 17.6 Å². The van der Waals surface area contributed by atoms with Gasteiger partial charge in [-0.3, -0.25) is 4.79 Å². The van der Waals surface area contributed by atoms with Crippen LogP contribution in [0.25, 0.3) is 0 Å². The Morgan fingerprint density at radius 1 is 1.37 bits per heavy atom. The Balaban J connectivity index is 2.73. The van der Waals surface area contributed by atoms with Crippen LogP contribution in [0, 0.1) is 11.8 Å². The zero-order chi connectivity index (χ0) is 14.8. The molecule has 1 rings (SSSR count). The molecular weight excluding hydrogens is 244 g/mol. The molecule has 4 nitrogen and oxygen atoms in total. The number of rotatable bonds is 3. The normalized spacial score (nSPS) is 30.2. The van der Waals surface area contributed by atoms with Crippen LogP contribution >= 0.6 is 0 Å². The Labute approximate surface area is 116 Å². The molecule has 3 unspecified atom stereocenters. The quantitative estimate of drug-likeness (QED) is 0.802. The Morgan fingerprint density at radius 2 is 1.95 bits per heavy atom. The number of hydrogen-bond acceptors (Lipinski definition) is 4. The molecule has 0 amide bonds. The maximum atomic E-state index is 12.1. The van der Waals surface area contributed by atoms with Crippen molar-refractivity contribution in [2.75, 3.05) is 6.61 Å². The zero-order valence-electron chi connectivity index (χ0n) is 13.0. The summed E-state index contributed by atoms with van der Waals surface area (Å²) in [5.41, 5.74) is -1.54. The monoisotopic (exact) mass is 272 g/mol. The number of carbonyl (C=O) groups is 1.